The van der Waals surface area contributed by atoms with Gasteiger partial charge in [0.1, 0.15) is 6.61 Å². The van der Waals surface area contributed by atoms with Gasteiger partial charge in [-0.3, -0.25) is 4.79 Å². The van der Waals surface area contributed by atoms with E-state index in [0.29, 0.717) is 6.61 Å². The van der Waals surface area contributed by atoms with Crippen LogP contribution in [-0.2, 0) is 9.53 Å². The number of hydrogen-bond donors (Lipinski definition) is 1. The highest BCUT2D eigenvalue weighted by molar-refractivity contribution is 5.96. The third kappa shape index (κ3) is 3.66. The molecule has 0 atom stereocenters. The van der Waals surface area contributed by atoms with Crippen LogP contribution in [0.3, 0.4) is 0 Å². The maximum atomic E-state index is 11.7. The number of hydrogen-bond acceptors (Lipinski definition) is 2. The molecule has 98 valence electrons. The van der Waals surface area contributed by atoms with Crippen molar-refractivity contribution in [3.8, 4) is 11.1 Å². The van der Waals surface area contributed by atoms with Gasteiger partial charge in [-0.25, -0.2) is 0 Å². The molecule has 0 radical (unpaired) electrons. The van der Waals surface area contributed by atoms with Crippen molar-refractivity contribution < 1.29 is 9.53 Å². The molecule has 0 heterocycles. The lowest BCUT2D eigenvalue weighted by Crippen LogP contribution is -2.18. The molecule has 1 N–H and O–H groups in total. The van der Waals surface area contributed by atoms with E-state index in [-0.39, 0.29) is 12.5 Å². The van der Waals surface area contributed by atoms with Gasteiger partial charge in [-0.1, -0.05) is 48.5 Å². The van der Waals surface area contributed by atoms with Gasteiger partial charge >= 0.3 is 0 Å². The molecule has 0 fully saturated rings. The van der Waals surface area contributed by atoms with E-state index in [2.05, 4.69) is 5.32 Å². The van der Waals surface area contributed by atoms with Gasteiger partial charge in [-0.2, -0.15) is 0 Å². The maximum absolute atomic E-state index is 11.7. The average molecular weight is 255 g/mol. The molecule has 2 rings (SSSR count). The molecule has 3 heteroatoms. The lowest BCUT2D eigenvalue weighted by molar-refractivity contribution is -0.120. The molecule has 0 saturated carbocycles. The Morgan fingerprint density at radius 2 is 1.74 bits per heavy atom. The van der Waals surface area contributed by atoms with Crippen molar-refractivity contribution >= 4 is 11.6 Å². The first-order valence-corrected chi connectivity index (χ1v) is 6.33. The number of nitrogens with one attached hydrogen (secondary N) is 1. The lowest BCUT2D eigenvalue weighted by Gasteiger charge is -2.11. The SMILES string of the molecule is CCOCC(=O)Nc1ccccc1-c1ccccc1. The van der Waals surface area contributed by atoms with Gasteiger partial charge in [0.25, 0.3) is 0 Å². The quantitative estimate of drug-likeness (QED) is 0.890. The van der Waals surface area contributed by atoms with E-state index in [1.54, 1.807) is 0 Å². The van der Waals surface area contributed by atoms with E-state index < -0.39 is 0 Å². The molecule has 0 spiro atoms. The fourth-order valence-corrected chi connectivity index (χ4v) is 1.84. The summed E-state index contributed by atoms with van der Waals surface area (Å²) < 4.78 is 5.10. The minimum Gasteiger partial charge on any atom is -0.372 e. The first-order valence-electron chi connectivity index (χ1n) is 6.33. The minimum absolute atomic E-state index is 0.0830. The van der Waals surface area contributed by atoms with Crippen LogP contribution in [0.4, 0.5) is 5.69 Å². The first kappa shape index (κ1) is 13.3. The van der Waals surface area contributed by atoms with Crippen molar-refractivity contribution in [2.24, 2.45) is 0 Å². The average Bonchev–Trinajstić information content (AvgIpc) is 2.46. The zero-order chi connectivity index (χ0) is 13.5. The summed E-state index contributed by atoms with van der Waals surface area (Å²) in [6, 6.07) is 17.7. The second-order valence-electron chi connectivity index (χ2n) is 4.10. The summed E-state index contributed by atoms with van der Waals surface area (Å²) in [6.45, 7) is 2.48. The Labute approximate surface area is 113 Å². The van der Waals surface area contributed by atoms with E-state index >= 15 is 0 Å². The molecular formula is C16H17NO2. The fourth-order valence-electron chi connectivity index (χ4n) is 1.84. The number of rotatable bonds is 5. The molecule has 0 aromatic heterocycles. The number of carbonyl (C=O) groups excluding carboxylic acids is 1. The number of para-hydroxylation sites is 1. The Balaban J connectivity index is 2.20. The molecular weight excluding hydrogens is 238 g/mol. The van der Waals surface area contributed by atoms with Crippen molar-refractivity contribution in [3.05, 3.63) is 54.6 Å². The number of anilines is 1. The van der Waals surface area contributed by atoms with E-state index in [1.165, 1.54) is 0 Å². The molecule has 0 unspecified atom stereocenters. The normalized spacial score (nSPS) is 10.2. The zero-order valence-electron chi connectivity index (χ0n) is 10.9. The van der Waals surface area contributed by atoms with Crippen LogP contribution >= 0.6 is 0 Å². The molecule has 2 aromatic rings. The highest BCUT2D eigenvalue weighted by Crippen LogP contribution is 2.27. The molecule has 0 aliphatic rings. The largest absolute Gasteiger partial charge is 0.372 e. The molecule has 2 aromatic carbocycles. The van der Waals surface area contributed by atoms with Crippen LogP contribution in [0.2, 0.25) is 0 Å². The molecule has 0 aliphatic heterocycles. The zero-order valence-corrected chi connectivity index (χ0v) is 10.9. The summed E-state index contributed by atoms with van der Waals surface area (Å²) in [4.78, 5) is 11.7. The Kier molecular flexibility index (Phi) is 4.70. The Morgan fingerprint density at radius 1 is 1.05 bits per heavy atom. The third-order valence-corrected chi connectivity index (χ3v) is 2.72. The first-order chi connectivity index (χ1) is 9.31. The highest BCUT2D eigenvalue weighted by Gasteiger charge is 2.07. The lowest BCUT2D eigenvalue weighted by atomic mass is 10.0. The molecule has 0 bridgehead atoms. The Hall–Kier alpha value is -2.13. The van der Waals surface area contributed by atoms with E-state index in [4.69, 9.17) is 4.74 Å². The fraction of sp³-hybridized carbons (Fsp3) is 0.188. The summed E-state index contributed by atoms with van der Waals surface area (Å²) >= 11 is 0. The molecule has 1 amide bonds. The maximum Gasteiger partial charge on any atom is 0.250 e. The van der Waals surface area contributed by atoms with Crippen LogP contribution < -0.4 is 5.32 Å². The van der Waals surface area contributed by atoms with Crippen LogP contribution in [0.1, 0.15) is 6.92 Å². The minimum atomic E-state index is -0.134. The topological polar surface area (TPSA) is 38.3 Å². The van der Waals surface area contributed by atoms with Crippen LogP contribution in [-0.4, -0.2) is 19.1 Å². The predicted molar refractivity (Wildman–Crippen MR) is 77.0 cm³/mol. The smallest absolute Gasteiger partial charge is 0.250 e. The van der Waals surface area contributed by atoms with Crippen LogP contribution in [0.25, 0.3) is 11.1 Å². The van der Waals surface area contributed by atoms with Crippen molar-refractivity contribution in [1.29, 1.82) is 0 Å². The summed E-state index contributed by atoms with van der Waals surface area (Å²) in [5, 5.41) is 2.88. The summed E-state index contributed by atoms with van der Waals surface area (Å²) in [7, 11) is 0. The monoisotopic (exact) mass is 255 g/mol. The van der Waals surface area contributed by atoms with Crippen LogP contribution in [0, 0.1) is 0 Å². The van der Waals surface area contributed by atoms with Crippen molar-refractivity contribution in [2.75, 3.05) is 18.5 Å². The summed E-state index contributed by atoms with van der Waals surface area (Å²) in [5.74, 6) is -0.134. The van der Waals surface area contributed by atoms with Gasteiger partial charge in [0.15, 0.2) is 0 Å². The van der Waals surface area contributed by atoms with E-state index in [1.807, 2.05) is 61.5 Å². The summed E-state index contributed by atoms with van der Waals surface area (Å²) in [5.41, 5.74) is 2.89. The van der Waals surface area contributed by atoms with Gasteiger partial charge in [0.05, 0.1) is 0 Å². The van der Waals surface area contributed by atoms with Gasteiger partial charge in [0, 0.05) is 17.9 Å². The summed E-state index contributed by atoms with van der Waals surface area (Å²) in [6.07, 6.45) is 0. The highest BCUT2D eigenvalue weighted by atomic mass is 16.5. The van der Waals surface area contributed by atoms with Crippen LogP contribution in [0.5, 0.6) is 0 Å². The molecule has 19 heavy (non-hydrogen) atoms. The molecule has 0 aliphatic carbocycles. The number of benzene rings is 2. The van der Waals surface area contributed by atoms with Crippen molar-refractivity contribution in [1.82, 2.24) is 0 Å². The Bertz CT molecular complexity index is 537. The predicted octanol–water partition coefficient (Wildman–Crippen LogP) is 3.33. The third-order valence-electron chi connectivity index (χ3n) is 2.72. The standard InChI is InChI=1S/C16H17NO2/c1-2-19-12-16(18)17-15-11-7-6-10-14(15)13-8-4-3-5-9-13/h3-11H,2,12H2,1H3,(H,17,18). The van der Waals surface area contributed by atoms with Gasteiger partial charge < -0.3 is 10.1 Å². The van der Waals surface area contributed by atoms with Gasteiger partial charge in [-0.15, -0.1) is 0 Å². The van der Waals surface area contributed by atoms with E-state index in [9.17, 15) is 4.79 Å². The van der Waals surface area contributed by atoms with Crippen molar-refractivity contribution in [3.63, 3.8) is 0 Å². The van der Waals surface area contributed by atoms with Crippen LogP contribution in [0.15, 0.2) is 54.6 Å². The number of amides is 1. The van der Waals surface area contributed by atoms with E-state index in [0.717, 1.165) is 16.8 Å². The molecule has 0 saturated heterocycles. The second-order valence-corrected chi connectivity index (χ2v) is 4.10. The molecule has 3 nitrogen and oxygen atoms in total. The van der Waals surface area contributed by atoms with Gasteiger partial charge in [0.2, 0.25) is 5.91 Å². The Morgan fingerprint density at radius 3 is 2.47 bits per heavy atom. The van der Waals surface area contributed by atoms with Crippen molar-refractivity contribution in [2.45, 2.75) is 6.92 Å². The number of carbonyl (C=O) groups is 1. The second kappa shape index (κ2) is 6.71. The number of ether oxygens (including phenoxy) is 1. The van der Waals surface area contributed by atoms with Gasteiger partial charge in [-0.05, 0) is 18.6 Å².